The zero-order chi connectivity index (χ0) is 47.0. The summed E-state index contributed by atoms with van der Waals surface area (Å²) in [5, 5.41) is 6.81. The van der Waals surface area contributed by atoms with Gasteiger partial charge in [-0.2, -0.15) is 0 Å². The van der Waals surface area contributed by atoms with Crippen LogP contribution in [0.15, 0.2) is 114 Å². The second-order valence-electron chi connectivity index (χ2n) is 16.2. The molecule has 4 heteroatoms. The number of pyridine rings is 2. The first-order chi connectivity index (χ1) is 30.4. The van der Waals surface area contributed by atoms with Crippen molar-refractivity contribution >= 4 is 54.4 Å². The normalized spacial score (nSPS) is 14.9. The first-order valence-corrected chi connectivity index (χ1v) is 19.1. The molecular weight excluding hydrogens is 873 g/mol. The molecule has 0 bridgehead atoms. The van der Waals surface area contributed by atoms with Crippen molar-refractivity contribution in [3.63, 3.8) is 0 Å². The fourth-order valence-electron chi connectivity index (χ4n) is 8.03. The van der Waals surface area contributed by atoms with Crippen LogP contribution in [0.4, 0.5) is 0 Å². The molecule has 0 saturated heterocycles. The van der Waals surface area contributed by atoms with Gasteiger partial charge in [0, 0.05) is 55.6 Å². The smallest absolute Gasteiger partial charge is 0.135 e. The van der Waals surface area contributed by atoms with Crippen LogP contribution in [0.25, 0.3) is 76.8 Å². The first-order valence-electron chi connectivity index (χ1n) is 23.6. The summed E-state index contributed by atoms with van der Waals surface area (Å²) in [6.45, 7) is 8.61. The molecule has 0 aliphatic rings. The fourth-order valence-corrected chi connectivity index (χ4v) is 8.03. The van der Waals surface area contributed by atoms with Crippen LogP contribution in [0, 0.1) is 32.7 Å². The third-order valence-electron chi connectivity index (χ3n) is 10.6. The molecular formula is C53H50IrN2O-2. The second-order valence-corrected chi connectivity index (χ2v) is 16.2. The summed E-state index contributed by atoms with van der Waals surface area (Å²) in [5.74, 6) is 0.762. The van der Waals surface area contributed by atoms with Crippen LogP contribution < -0.4 is 0 Å². The van der Waals surface area contributed by atoms with Crippen LogP contribution in [0.2, 0.25) is 0 Å². The molecule has 57 heavy (non-hydrogen) atoms. The molecule has 6 aromatic carbocycles. The van der Waals surface area contributed by atoms with Crippen LogP contribution in [0.1, 0.15) is 106 Å². The van der Waals surface area contributed by atoms with E-state index in [0.717, 1.165) is 59.9 Å². The molecule has 3 aromatic heterocycles. The van der Waals surface area contributed by atoms with Gasteiger partial charge in [-0.3, -0.25) is 0 Å². The quantitative estimate of drug-likeness (QED) is 0.130. The predicted molar refractivity (Wildman–Crippen MR) is 238 cm³/mol. The Labute approximate surface area is 363 Å². The number of rotatable bonds is 4. The van der Waals surface area contributed by atoms with Crippen molar-refractivity contribution in [2.45, 2.75) is 86.3 Å². The Bertz CT molecular complexity index is 3170. The molecule has 1 radical (unpaired) electrons. The molecule has 0 N–H and O–H groups in total. The zero-order valence-electron chi connectivity index (χ0n) is 42.2. The number of hydrogen-bond acceptors (Lipinski definition) is 3. The SMILES string of the molecule is [2H]C([2H])([2H])c1c[c-]c(-c2ccc(C([2H])([2H])[2H])cn2)cc1.[2H]C([2H])([2H])c1cnc2c3[c-]cccc3c3cc4oc5ccc(-c6c(C(C)C)cccc6C(C)C)cc5c4cc3c2c1C(C)(C)C.[Ir]. The first kappa shape index (κ1) is 30.0. The Morgan fingerprint density at radius 3 is 2.07 bits per heavy atom. The Kier molecular flexibility index (Phi) is 8.24. The number of benzene rings is 6. The molecule has 0 atom stereocenters. The van der Waals surface area contributed by atoms with Crippen LogP contribution in [-0.4, -0.2) is 9.97 Å². The molecule has 0 unspecified atom stereocenters. The summed E-state index contributed by atoms with van der Waals surface area (Å²) in [4.78, 5) is 8.90. The Balaban J connectivity index is 0.000000260. The standard InChI is InChI=1S/C40H38NO.C13H12N.Ir/c1-22(2)26-14-11-15-27(23(3)4)36(26)25-16-17-34-31(18-25)32-19-33-30(20-35(32)42-34)28-12-9-10-13-29(28)39-37(33)38(40(6,7)8)24(5)21-41-39;1-10-3-6-12(7-4-10)13-8-5-11(2)9-14-13;/h9-12,14-23H,1-8H3;3-6,8-9H,1-2H3;/q2*-1;/i5D3;1D3,2D3;. The van der Waals surface area contributed by atoms with E-state index in [4.69, 9.17) is 21.7 Å². The van der Waals surface area contributed by atoms with Gasteiger partial charge in [-0.15, -0.1) is 65.0 Å². The third-order valence-corrected chi connectivity index (χ3v) is 10.6. The van der Waals surface area contributed by atoms with E-state index in [1.165, 1.54) is 46.6 Å². The Hall–Kier alpha value is -5.15. The van der Waals surface area contributed by atoms with Gasteiger partial charge in [-0.05, 0) is 122 Å². The molecule has 289 valence electrons. The topological polar surface area (TPSA) is 38.9 Å². The van der Waals surface area contributed by atoms with Gasteiger partial charge >= 0.3 is 0 Å². The average molecular weight is 932 g/mol. The van der Waals surface area contributed by atoms with Gasteiger partial charge in [0.2, 0.25) is 0 Å². The minimum atomic E-state index is -2.30. The molecule has 3 nitrogen and oxygen atoms in total. The number of aryl methyl sites for hydroxylation is 3. The van der Waals surface area contributed by atoms with Crippen LogP contribution in [0.3, 0.4) is 0 Å². The van der Waals surface area contributed by atoms with E-state index in [2.05, 4.69) is 120 Å². The Morgan fingerprint density at radius 1 is 0.667 bits per heavy atom. The summed E-state index contributed by atoms with van der Waals surface area (Å²) in [5.41, 5.74) is 9.76. The monoisotopic (exact) mass is 932 g/mol. The fraction of sp³-hybridized carbons (Fsp3) is 0.245. The molecule has 0 aliphatic heterocycles. The second kappa shape index (κ2) is 15.7. The van der Waals surface area contributed by atoms with Crippen molar-refractivity contribution in [1.82, 2.24) is 9.97 Å². The van der Waals surface area contributed by atoms with E-state index in [0.29, 0.717) is 28.7 Å². The van der Waals surface area contributed by atoms with Gasteiger partial charge in [0.05, 0.1) is 0 Å². The van der Waals surface area contributed by atoms with Crippen molar-refractivity contribution in [3.8, 4) is 22.4 Å². The average Bonchev–Trinajstić information content (AvgIpc) is 3.61. The number of furan rings is 1. The van der Waals surface area contributed by atoms with Gasteiger partial charge in [0.25, 0.3) is 0 Å². The van der Waals surface area contributed by atoms with E-state index in [-0.39, 0.29) is 31.2 Å². The molecule has 0 spiro atoms. The van der Waals surface area contributed by atoms with Crippen molar-refractivity contribution in [1.29, 1.82) is 0 Å². The number of fused-ring (bicyclic) bond motifs is 9. The molecule has 3 heterocycles. The molecule has 0 amide bonds. The van der Waals surface area contributed by atoms with E-state index >= 15 is 0 Å². The summed E-state index contributed by atoms with van der Waals surface area (Å²) in [6.07, 6.45) is 2.85. The van der Waals surface area contributed by atoms with Crippen LogP contribution >= 0.6 is 0 Å². The van der Waals surface area contributed by atoms with Gasteiger partial charge in [-0.25, -0.2) is 0 Å². The number of nitrogens with zero attached hydrogens (tertiary/aromatic N) is 2. The molecule has 0 saturated carbocycles. The summed E-state index contributed by atoms with van der Waals surface area (Å²) in [6, 6.07) is 37.4. The maximum atomic E-state index is 8.42. The molecule has 9 aromatic rings. The van der Waals surface area contributed by atoms with Crippen molar-refractivity contribution in [3.05, 3.63) is 155 Å². The predicted octanol–water partition coefficient (Wildman–Crippen LogP) is 14.9. The maximum Gasteiger partial charge on any atom is 0.135 e. The summed E-state index contributed by atoms with van der Waals surface area (Å²) < 4.78 is 75.4. The van der Waals surface area contributed by atoms with Gasteiger partial charge < -0.3 is 14.4 Å². The molecule has 0 fully saturated rings. The van der Waals surface area contributed by atoms with Gasteiger partial charge in [-0.1, -0.05) is 97.1 Å². The largest absolute Gasteiger partial charge is 0.456 e. The molecule has 0 aliphatic carbocycles. The summed E-state index contributed by atoms with van der Waals surface area (Å²) >= 11 is 0. The number of aromatic nitrogens is 2. The minimum absolute atomic E-state index is 0. The van der Waals surface area contributed by atoms with E-state index in [1.807, 2.05) is 12.1 Å². The molecule has 9 rings (SSSR count). The van der Waals surface area contributed by atoms with E-state index in [1.54, 1.807) is 18.3 Å². The summed E-state index contributed by atoms with van der Waals surface area (Å²) in [7, 11) is 0. The zero-order valence-corrected chi connectivity index (χ0v) is 35.6. The Morgan fingerprint density at radius 2 is 1.42 bits per heavy atom. The van der Waals surface area contributed by atoms with E-state index in [9.17, 15) is 0 Å². The van der Waals surface area contributed by atoms with Crippen molar-refractivity contribution in [2.75, 3.05) is 0 Å². The van der Waals surface area contributed by atoms with Gasteiger partial charge in [0.15, 0.2) is 0 Å². The minimum Gasteiger partial charge on any atom is -0.456 e. The van der Waals surface area contributed by atoms with Crippen LogP contribution in [0.5, 0.6) is 0 Å². The van der Waals surface area contributed by atoms with Crippen molar-refractivity contribution in [2.24, 2.45) is 0 Å². The maximum absolute atomic E-state index is 8.42. The third kappa shape index (κ3) is 7.42. The van der Waals surface area contributed by atoms with Crippen LogP contribution in [-0.2, 0) is 25.5 Å². The van der Waals surface area contributed by atoms with Gasteiger partial charge in [0.1, 0.15) is 11.2 Å². The number of hydrogen-bond donors (Lipinski definition) is 0. The van der Waals surface area contributed by atoms with Crippen molar-refractivity contribution < 1.29 is 36.9 Å². The van der Waals surface area contributed by atoms with E-state index < -0.39 is 26.0 Å².